The Balaban J connectivity index is 1.43. The van der Waals surface area contributed by atoms with Crippen LogP contribution in [-0.4, -0.2) is 21.5 Å². The Morgan fingerprint density at radius 1 is 0.967 bits per heavy atom. The standard InChI is InChI=1S/C22H18F2N4OS/c23-21(24)29-19-11-4-3-10-18(19)25-22(30)26-20-12-13-28(27-20)14-16-8-5-7-15-6-1-2-9-17(15)16/h1-13,21H,14H2,(H2,25,26,27,30). The fraction of sp³-hybridized carbons (Fsp3) is 0.0909. The zero-order chi connectivity index (χ0) is 20.9. The largest absolute Gasteiger partial charge is 0.433 e. The number of hydrogen-bond acceptors (Lipinski definition) is 3. The van der Waals surface area contributed by atoms with Gasteiger partial charge in [-0.1, -0.05) is 54.6 Å². The number of alkyl halides is 2. The van der Waals surface area contributed by atoms with Crippen molar-refractivity contribution in [2.75, 3.05) is 10.6 Å². The van der Waals surface area contributed by atoms with Crippen LogP contribution < -0.4 is 15.4 Å². The summed E-state index contributed by atoms with van der Waals surface area (Å²) in [6.07, 6.45) is 1.85. The van der Waals surface area contributed by atoms with Gasteiger partial charge in [-0.15, -0.1) is 0 Å². The van der Waals surface area contributed by atoms with Gasteiger partial charge in [-0.2, -0.15) is 13.9 Å². The summed E-state index contributed by atoms with van der Waals surface area (Å²) in [4.78, 5) is 0. The van der Waals surface area contributed by atoms with Crippen LogP contribution in [0, 0.1) is 0 Å². The molecule has 30 heavy (non-hydrogen) atoms. The lowest BCUT2D eigenvalue weighted by Crippen LogP contribution is -2.20. The molecule has 0 spiro atoms. The number of rotatable bonds is 6. The van der Waals surface area contributed by atoms with Crippen LogP contribution in [0.25, 0.3) is 10.8 Å². The highest BCUT2D eigenvalue weighted by Crippen LogP contribution is 2.25. The summed E-state index contributed by atoms with van der Waals surface area (Å²) in [7, 11) is 0. The van der Waals surface area contributed by atoms with Crippen molar-refractivity contribution < 1.29 is 13.5 Å². The van der Waals surface area contributed by atoms with Gasteiger partial charge in [0.2, 0.25) is 0 Å². The van der Waals surface area contributed by atoms with Gasteiger partial charge in [-0.05, 0) is 40.7 Å². The van der Waals surface area contributed by atoms with Crippen LogP contribution in [0.4, 0.5) is 20.3 Å². The molecule has 0 fully saturated rings. The molecule has 0 amide bonds. The molecule has 0 radical (unpaired) electrons. The minimum atomic E-state index is -2.92. The van der Waals surface area contributed by atoms with E-state index in [4.69, 9.17) is 12.2 Å². The summed E-state index contributed by atoms with van der Waals surface area (Å²) in [5, 5.41) is 12.9. The van der Waals surface area contributed by atoms with Crippen molar-refractivity contribution in [3.05, 3.63) is 84.6 Å². The molecule has 0 saturated heterocycles. The molecule has 8 heteroatoms. The molecule has 0 aliphatic heterocycles. The van der Waals surface area contributed by atoms with E-state index < -0.39 is 6.61 Å². The number of anilines is 2. The van der Waals surface area contributed by atoms with Crippen molar-refractivity contribution in [2.45, 2.75) is 13.2 Å². The summed E-state index contributed by atoms with van der Waals surface area (Å²) in [5.41, 5.74) is 1.49. The maximum Gasteiger partial charge on any atom is 0.387 e. The van der Waals surface area contributed by atoms with Crippen molar-refractivity contribution in [1.82, 2.24) is 9.78 Å². The van der Waals surface area contributed by atoms with Crippen LogP contribution in [0.15, 0.2) is 79.0 Å². The monoisotopic (exact) mass is 424 g/mol. The molecule has 0 atom stereocenters. The lowest BCUT2D eigenvalue weighted by atomic mass is 10.0. The average molecular weight is 424 g/mol. The molecule has 1 heterocycles. The Bertz CT molecular complexity index is 1170. The van der Waals surface area contributed by atoms with E-state index in [0.29, 0.717) is 18.1 Å². The molecule has 152 valence electrons. The quantitative estimate of drug-likeness (QED) is 0.401. The summed E-state index contributed by atoms with van der Waals surface area (Å²) in [6.45, 7) is -2.31. The Labute approximate surface area is 177 Å². The molecule has 0 saturated carbocycles. The van der Waals surface area contributed by atoms with E-state index in [1.165, 1.54) is 16.8 Å². The van der Waals surface area contributed by atoms with Crippen molar-refractivity contribution in [2.24, 2.45) is 0 Å². The first kappa shape index (κ1) is 19.8. The molecule has 2 N–H and O–H groups in total. The lowest BCUT2D eigenvalue weighted by Gasteiger charge is -2.13. The summed E-state index contributed by atoms with van der Waals surface area (Å²) < 4.78 is 31.4. The van der Waals surface area contributed by atoms with Gasteiger partial charge < -0.3 is 15.4 Å². The normalized spacial score (nSPS) is 10.9. The molecule has 3 aromatic carbocycles. The Hall–Kier alpha value is -3.52. The van der Waals surface area contributed by atoms with Gasteiger partial charge in [0.25, 0.3) is 0 Å². The Morgan fingerprint density at radius 3 is 2.60 bits per heavy atom. The van der Waals surface area contributed by atoms with Gasteiger partial charge in [0.1, 0.15) is 5.75 Å². The molecule has 5 nitrogen and oxygen atoms in total. The van der Waals surface area contributed by atoms with Crippen molar-refractivity contribution >= 4 is 39.6 Å². The second kappa shape index (κ2) is 8.87. The molecule has 0 bridgehead atoms. The van der Waals surface area contributed by atoms with E-state index in [1.807, 2.05) is 24.4 Å². The van der Waals surface area contributed by atoms with E-state index in [-0.39, 0.29) is 10.9 Å². The zero-order valence-electron chi connectivity index (χ0n) is 15.8. The number of nitrogens with one attached hydrogen (secondary N) is 2. The number of nitrogens with zero attached hydrogens (tertiary/aromatic N) is 2. The molecule has 0 unspecified atom stereocenters. The molecule has 1 aromatic heterocycles. The van der Waals surface area contributed by atoms with Crippen molar-refractivity contribution in [3.63, 3.8) is 0 Å². The van der Waals surface area contributed by atoms with E-state index >= 15 is 0 Å². The number of hydrogen-bond donors (Lipinski definition) is 2. The molecule has 4 rings (SSSR count). The molecular weight excluding hydrogens is 406 g/mol. The minimum absolute atomic E-state index is 0.0122. The SMILES string of the molecule is FC(F)Oc1ccccc1NC(=S)Nc1ccn(Cc2cccc3ccccc23)n1. The highest BCUT2D eigenvalue weighted by molar-refractivity contribution is 7.80. The second-order valence-electron chi connectivity index (χ2n) is 6.49. The third kappa shape index (κ3) is 4.72. The molecule has 0 aliphatic rings. The van der Waals surface area contributed by atoms with Crippen LogP contribution in [-0.2, 0) is 6.54 Å². The van der Waals surface area contributed by atoms with Crippen molar-refractivity contribution in [1.29, 1.82) is 0 Å². The number of aromatic nitrogens is 2. The van der Waals surface area contributed by atoms with Gasteiger partial charge in [-0.25, -0.2) is 0 Å². The van der Waals surface area contributed by atoms with Crippen LogP contribution >= 0.6 is 12.2 Å². The summed E-state index contributed by atoms with van der Waals surface area (Å²) in [5.74, 6) is 0.554. The smallest absolute Gasteiger partial charge is 0.387 e. The van der Waals surface area contributed by atoms with Crippen LogP contribution in [0.2, 0.25) is 0 Å². The van der Waals surface area contributed by atoms with Gasteiger partial charge in [-0.3, -0.25) is 4.68 Å². The molecule has 4 aromatic rings. The summed E-state index contributed by atoms with van der Waals surface area (Å²) in [6, 6.07) is 22.5. The fourth-order valence-electron chi connectivity index (χ4n) is 3.16. The van der Waals surface area contributed by atoms with E-state index in [2.05, 4.69) is 44.7 Å². The maximum atomic E-state index is 12.6. The van der Waals surface area contributed by atoms with Gasteiger partial charge in [0.15, 0.2) is 10.9 Å². The van der Waals surface area contributed by atoms with Crippen LogP contribution in [0.5, 0.6) is 5.75 Å². The first-order valence-electron chi connectivity index (χ1n) is 9.20. The number of halogens is 2. The predicted molar refractivity (Wildman–Crippen MR) is 118 cm³/mol. The first-order valence-corrected chi connectivity index (χ1v) is 9.61. The number of benzene rings is 3. The van der Waals surface area contributed by atoms with E-state index in [1.54, 1.807) is 28.9 Å². The topological polar surface area (TPSA) is 51.1 Å². The molecule has 0 aliphatic carbocycles. The zero-order valence-corrected chi connectivity index (χ0v) is 16.6. The van der Waals surface area contributed by atoms with Gasteiger partial charge in [0.05, 0.1) is 12.2 Å². The lowest BCUT2D eigenvalue weighted by molar-refractivity contribution is -0.0493. The van der Waals surface area contributed by atoms with Gasteiger partial charge in [0, 0.05) is 12.3 Å². The third-order valence-corrected chi connectivity index (χ3v) is 4.65. The number of para-hydroxylation sites is 2. The van der Waals surface area contributed by atoms with Crippen molar-refractivity contribution in [3.8, 4) is 5.75 Å². The number of ether oxygens (including phenoxy) is 1. The summed E-state index contributed by atoms with van der Waals surface area (Å²) >= 11 is 5.28. The molecular formula is C22H18F2N4OS. The predicted octanol–water partition coefficient (Wildman–Crippen LogP) is 5.49. The number of fused-ring (bicyclic) bond motifs is 1. The fourth-order valence-corrected chi connectivity index (χ4v) is 3.37. The minimum Gasteiger partial charge on any atom is -0.433 e. The maximum absolute atomic E-state index is 12.6. The first-order chi connectivity index (χ1) is 14.6. The highest BCUT2D eigenvalue weighted by Gasteiger charge is 2.11. The van der Waals surface area contributed by atoms with Crippen LogP contribution in [0.1, 0.15) is 5.56 Å². The Kier molecular flexibility index (Phi) is 5.85. The van der Waals surface area contributed by atoms with Gasteiger partial charge >= 0.3 is 6.61 Å². The second-order valence-corrected chi connectivity index (χ2v) is 6.90. The average Bonchev–Trinajstić information content (AvgIpc) is 3.16. The van der Waals surface area contributed by atoms with E-state index in [0.717, 1.165) is 5.56 Å². The number of thiocarbonyl (C=S) groups is 1. The Morgan fingerprint density at radius 2 is 1.73 bits per heavy atom. The van der Waals surface area contributed by atoms with Crippen LogP contribution in [0.3, 0.4) is 0 Å². The van der Waals surface area contributed by atoms with E-state index in [9.17, 15) is 8.78 Å². The highest BCUT2D eigenvalue weighted by atomic mass is 32.1. The third-order valence-electron chi connectivity index (χ3n) is 4.45.